The van der Waals surface area contributed by atoms with Crippen molar-refractivity contribution in [1.82, 2.24) is 5.32 Å². The van der Waals surface area contributed by atoms with Crippen molar-refractivity contribution in [1.29, 1.82) is 0 Å². The second-order valence-electron chi connectivity index (χ2n) is 5.58. The zero-order valence-corrected chi connectivity index (χ0v) is 12.0. The van der Waals surface area contributed by atoms with Gasteiger partial charge in [0.15, 0.2) is 0 Å². The van der Waals surface area contributed by atoms with E-state index in [0.717, 1.165) is 12.3 Å². The van der Waals surface area contributed by atoms with Crippen LogP contribution in [0.2, 0.25) is 0 Å². The van der Waals surface area contributed by atoms with Crippen LogP contribution in [0, 0.1) is 6.92 Å². The molecule has 0 aromatic heterocycles. The molecule has 0 amide bonds. The smallest absolute Gasteiger partial charge is 0.125 e. The standard InChI is InChI=1S/C16H25NO/c1-11(2)15-13(14-7-5-6-10-17-14)9-8-12(3)16(15)18-4/h8-9,11,14,17H,5-7,10H2,1-4H3. The molecule has 1 heterocycles. The van der Waals surface area contributed by atoms with Crippen LogP contribution in [0.5, 0.6) is 5.75 Å². The third-order valence-electron chi connectivity index (χ3n) is 3.89. The van der Waals surface area contributed by atoms with Gasteiger partial charge in [-0.1, -0.05) is 32.4 Å². The maximum Gasteiger partial charge on any atom is 0.125 e. The molecule has 18 heavy (non-hydrogen) atoms. The molecule has 0 saturated carbocycles. The third kappa shape index (κ3) is 2.54. The number of hydrogen-bond donors (Lipinski definition) is 1. The van der Waals surface area contributed by atoms with Gasteiger partial charge in [-0.3, -0.25) is 0 Å². The van der Waals surface area contributed by atoms with Gasteiger partial charge in [0, 0.05) is 11.6 Å². The minimum atomic E-state index is 0.499. The summed E-state index contributed by atoms with van der Waals surface area (Å²) in [5, 5.41) is 3.65. The average Bonchev–Trinajstić information content (AvgIpc) is 2.39. The molecule has 1 aromatic rings. The predicted octanol–water partition coefficient (Wildman–Crippen LogP) is 3.94. The molecule has 1 aromatic carbocycles. The second-order valence-corrected chi connectivity index (χ2v) is 5.58. The lowest BCUT2D eigenvalue weighted by atomic mass is 9.87. The van der Waals surface area contributed by atoms with Crippen LogP contribution in [0.3, 0.4) is 0 Å². The Morgan fingerprint density at radius 3 is 2.61 bits per heavy atom. The number of benzene rings is 1. The first-order chi connectivity index (χ1) is 8.65. The maximum absolute atomic E-state index is 5.64. The summed E-state index contributed by atoms with van der Waals surface area (Å²) in [6.07, 6.45) is 3.87. The van der Waals surface area contributed by atoms with Gasteiger partial charge in [0.05, 0.1) is 7.11 Å². The molecular weight excluding hydrogens is 222 g/mol. The van der Waals surface area contributed by atoms with E-state index in [9.17, 15) is 0 Å². The number of nitrogens with one attached hydrogen (secondary N) is 1. The van der Waals surface area contributed by atoms with E-state index in [-0.39, 0.29) is 0 Å². The predicted molar refractivity (Wildman–Crippen MR) is 76.4 cm³/mol. The summed E-state index contributed by atoms with van der Waals surface area (Å²) in [5.41, 5.74) is 4.06. The zero-order valence-electron chi connectivity index (χ0n) is 12.0. The van der Waals surface area contributed by atoms with Crippen molar-refractivity contribution in [3.63, 3.8) is 0 Å². The van der Waals surface area contributed by atoms with Gasteiger partial charge in [0.2, 0.25) is 0 Å². The average molecular weight is 247 g/mol. The van der Waals surface area contributed by atoms with E-state index in [1.54, 1.807) is 7.11 Å². The highest BCUT2D eigenvalue weighted by Gasteiger charge is 2.22. The van der Waals surface area contributed by atoms with Crippen molar-refractivity contribution in [2.45, 2.75) is 52.0 Å². The van der Waals surface area contributed by atoms with Crippen LogP contribution in [0.4, 0.5) is 0 Å². The number of aryl methyl sites for hydroxylation is 1. The Kier molecular flexibility index (Phi) is 4.28. The van der Waals surface area contributed by atoms with E-state index in [4.69, 9.17) is 4.74 Å². The van der Waals surface area contributed by atoms with E-state index in [1.165, 1.54) is 36.0 Å². The Morgan fingerprint density at radius 2 is 2.06 bits per heavy atom. The SMILES string of the molecule is COc1c(C)ccc(C2CCCCN2)c1C(C)C. The molecule has 1 unspecified atom stereocenters. The summed E-state index contributed by atoms with van der Waals surface area (Å²) in [4.78, 5) is 0. The highest BCUT2D eigenvalue weighted by atomic mass is 16.5. The summed E-state index contributed by atoms with van der Waals surface area (Å²) in [6, 6.07) is 4.98. The molecule has 1 fully saturated rings. The Labute approximate surface area is 111 Å². The van der Waals surface area contributed by atoms with Crippen molar-refractivity contribution in [2.75, 3.05) is 13.7 Å². The molecule has 1 saturated heterocycles. The Morgan fingerprint density at radius 1 is 1.28 bits per heavy atom. The van der Waals surface area contributed by atoms with Crippen LogP contribution in [-0.2, 0) is 0 Å². The van der Waals surface area contributed by atoms with E-state index < -0.39 is 0 Å². The first-order valence-electron chi connectivity index (χ1n) is 7.06. The molecule has 2 nitrogen and oxygen atoms in total. The Bertz CT molecular complexity index is 406. The lowest BCUT2D eigenvalue weighted by Crippen LogP contribution is -2.28. The second kappa shape index (κ2) is 5.75. The van der Waals surface area contributed by atoms with Crippen molar-refractivity contribution >= 4 is 0 Å². The van der Waals surface area contributed by atoms with Gasteiger partial charge in [-0.25, -0.2) is 0 Å². The van der Waals surface area contributed by atoms with Crippen molar-refractivity contribution < 1.29 is 4.74 Å². The first kappa shape index (κ1) is 13.4. The van der Waals surface area contributed by atoms with Crippen LogP contribution >= 0.6 is 0 Å². The number of ether oxygens (including phenoxy) is 1. The molecular formula is C16H25NO. The Balaban J connectivity index is 2.45. The van der Waals surface area contributed by atoms with Crippen molar-refractivity contribution in [2.24, 2.45) is 0 Å². The number of hydrogen-bond acceptors (Lipinski definition) is 2. The van der Waals surface area contributed by atoms with Crippen LogP contribution < -0.4 is 10.1 Å². The molecule has 1 atom stereocenters. The normalized spacial score (nSPS) is 20.2. The van der Waals surface area contributed by atoms with Crippen LogP contribution in [-0.4, -0.2) is 13.7 Å². The van der Waals surface area contributed by atoms with Crippen molar-refractivity contribution in [3.05, 3.63) is 28.8 Å². The number of methoxy groups -OCH3 is 1. The molecule has 100 valence electrons. The van der Waals surface area contributed by atoms with E-state index in [0.29, 0.717) is 12.0 Å². The van der Waals surface area contributed by atoms with Crippen LogP contribution in [0.15, 0.2) is 12.1 Å². The lowest BCUT2D eigenvalue weighted by Gasteiger charge is -2.28. The summed E-state index contributed by atoms with van der Waals surface area (Å²) in [6.45, 7) is 7.77. The highest BCUT2D eigenvalue weighted by Crippen LogP contribution is 2.37. The number of rotatable bonds is 3. The Hall–Kier alpha value is -1.02. The van der Waals surface area contributed by atoms with E-state index >= 15 is 0 Å². The van der Waals surface area contributed by atoms with Gasteiger partial charge in [-0.15, -0.1) is 0 Å². The van der Waals surface area contributed by atoms with Crippen LogP contribution in [0.1, 0.15) is 61.8 Å². The fourth-order valence-corrected chi connectivity index (χ4v) is 3.01. The van der Waals surface area contributed by atoms with Gasteiger partial charge >= 0.3 is 0 Å². The molecule has 0 spiro atoms. The maximum atomic E-state index is 5.64. The molecule has 0 radical (unpaired) electrons. The van der Waals surface area contributed by atoms with Crippen molar-refractivity contribution in [3.8, 4) is 5.75 Å². The molecule has 0 aliphatic carbocycles. The summed E-state index contributed by atoms with van der Waals surface area (Å²) >= 11 is 0. The third-order valence-corrected chi connectivity index (χ3v) is 3.89. The topological polar surface area (TPSA) is 21.3 Å². The minimum Gasteiger partial charge on any atom is -0.496 e. The van der Waals surface area contributed by atoms with Gasteiger partial charge in [-0.2, -0.15) is 0 Å². The molecule has 1 N–H and O–H groups in total. The molecule has 1 aliphatic rings. The summed E-state index contributed by atoms with van der Waals surface area (Å²) in [5.74, 6) is 1.58. The van der Waals surface area contributed by atoms with Gasteiger partial charge in [0.25, 0.3) is 0 Å². The fraction of sp³-hybridized carbons (Fsp3) is 0.625. The molecule has 2 rings (SSSR count). The van der Waals surface area contributed by atoms with Crippen LogP contribution in [0.25, 0.3) is 0 Å². The zero-order chi connectivity index (χ0) is 13.1. The quantitative estimate of drug-likeness (QED) is 0.873. The number of piperidine rings is 1. The largest absolute Gasteiger partial charge is 0.496 e. The highest BCUT2D eigenvalue weighted by molar-refractivity contribution is 5.49. The lowest BCUT2D eigenvalue weighted by molar-refractivity contribution is 0.389. The monoisotopic (exact) mass is 247 g/mol. The first-order valence-corrected chi connectivity index (χ1v) is 7.06. The van der Waals surface area contributed by atoms with E-state index in [2.05, 4.69) is 38.2 Å². The summed E-state index contributed by atoms with van der Waals surface area (Å²) < 4.78 is 5.64. The fourth-order valence-electron chi connectivity index (χ4n) is 3.01. The van der Waals surface area contributed by atoms with E-state index in [1.807, 2.05) is 0 Å². The molecule has 2 heteroatoms. The molecule has 0 bridgehead atoms. The molecule has 1 aliphatic heterocycles. The van der Waals surface area contributed by atoms with Gasteiger partial charge < -0.3 is 10.1 Å². The minimum absolute atomic E-state index is 0.499. The summed E-state index contributed by atoms with van der Waals surface area (Å²) in [7, 11) is 1.78. The van der Waals surface area contributed by atoms with Gasteiger partial charge in [0.1, 0.15) is 5.75 Å². The van der Waals surface area contributed by atoms with Gasteiger partial charge in [-0.05, 0) is 43.4 Å².